The zero-order valence-electron chi connectivity index (χ0n) is 13.4. The van der Waals surface area contributed by atoms with E-state index in [-0.39, 0.29) is 11.8 Å². The molecule has 0 unspecified atom stereocenters. The van der Waals surface area contributed by atoms with Gasteiger partial charge in [-0.15, -0.1) is 17.9 Å². The Bertz CT molecular complexity index is 601. The largest absolute Gasteiger partial charge is 0.351 e. The van der Waals surface area contributed by atoms with Crippen LogP contribution in [0.2, 0.25) is 0 Å². The van der Waals surface area contributed by atoms with E-state index in [0.717, 1.165) is 29.1 Å². The zero-order chi connectivity index (χ0) is 16.7. The summed E-state index contributed by atoms with van der Waals surface area (Å²) in [6, 6.07) is 0. The van der Waals surface area contributed by atoms with Crippen molar-refractivity contribution < 1.29 is 9.59 Å². The highest BCUT2D eigenvalue weighted by Gasteiger charge is 2.40. The first-order valence-corrected chi connectivity index (χ1v) is 8.69. The van der Waals surface area contributed by atoms with Crippen LogP contribution in [0.25, 0.3) is 6.08 Å². The molecule has 1 aromatic heterocycles. The van der Waals surface area contributed by atoms with E-state index in [1.807, 2.05) is 6.92 Å². The van der Waals surface area contributed by atoms with E-state index in [2.05, 4.69) is 22.2 Å². The van der Waals surface area contributed by atoms with Gasteiger partial charge in [-0.25, -0.2) is 4.98 Å². The van der Waals surface area contributed by atoms with Crippen LogP contribution in [0.3, 0.4) is 0 Å². The van der Waals surface area contributed by atoms with Gasteiger partial charge in [-0.1, -0.05) is 25.3 Å². The third kappa shape index (κ3) is 4.76. The molecule has 0 spiro atoms. The Labute approximate surface area is 140 Å². The number of hydrogen-bond donors (Lipinski definition) is 2. The van der Waals surface area contributed by atoms with Crippen molar-refractivity contribution in [2.24, 2.45) is 0 Å². The van der Waals surface area contributed by atoms with Gasteiger partial charge in [0.1, 0.15) is 5.54 Å². The topological polar surface area (TPSA) is 71.1 Å². The van der Waals surface area contributed by atoms with Gasteiger partial charge in [-0.2, -0.15) is 0 Å². The molecule has 1 fully saturated rings. The van der Waals surface area contributed by atoms with Crippen molar-refractivity contribution in [3.05, 3.63) is 34.8 Å². The predicted octanol–water partition coefficient (Wildman–Crippen LogP) is 2.59. The molecule has 0 aliphatic heterocycles. The summed E-state index contributed by atoms with van der Waals surface area (Å²) in [6.07, 6.45) is 10.9. The van der Waals surface area contributed by atoms with Gasteiger partial charge in [0.2, 0.25) is 11.8 Å². The molecule has 1 saturated carbocycles. The lowest BCUT2D eigenvalue weighted by Gasteiger charge is -2.36. The summed E-state index contributed by atoms with van der Waals surface area (Å²) < 4.78 is 0. The van der Waals surface area contributed by atoms with Gasteiger partial charge in [0.05, 0.1) is 5.01 Å². The third-order valence-electron chi connectivity index (χ3n) is 3.95. The number of thiazole rings is 1. The van der Waals surface area contributed by atoms with Gasteiger partial charge >= 0.3 is 0 Å². The summed E-state index contributed by atoms with van der Waals surface area (Å²) in [5.41, 5.74) is -0.799. The summed E-state index contributed by atoms with van der Waals surface area (Å²) in [5.74, 6) is -0.362. The molecule has 1 aromatic rings. The maximum atomic E-state index is 12.5. The molecule has 0 radical (unpaired) electrons. The highest BCUT2D eigenvalue weighted by molar-refractivity contribution is 7.12. The first kappa shape index (κ1) is 17.4. The Morgan fingerprint density at radius 2 is 2.13 bits per heavy atom. The number of rotatable bonds is 6. The molecule has 0 aromatic carbocycles. The number of aromatic nitrogens is 1. The Balaban J connectivity index is 2.04. The Kier molecular flexibility index (Phi) is 6.10. The molecule has 23 heavy (non-hydrogen) atoms. The molecule has 1 aliphatic rings. The van der Waals surface area contributed by atoms with E-state index in [1.54, 1.807) is 18.3 Å². The molecule has 2 N–H and O–H groups in total. The molecule has 124 valence electrons. The summed E-state index contributed by atoms with van der Waals surface area (Å²) in [5, 5.41) is 6.71. The van der Waals surface area contributed by atoms with E-state index in [1.165, 1.54) is 17.4 Å². The predicted molar refractivity (Wildman–Crippen MR) is 93.1 cm³/mol. The van der Waals surface area contributed by atoms with E-state index in [0.29, 0.717) is 19.4 Å². The van der Waals surface area contributed by atoms with Crippen LogP contribution >= 0.6 is 11.3 Å². The molecule has 2 rings (SSSR count). The quantitative estimate of drug-likeness (QED) is 0.621. The first-order chi connectivity index (χ1) is 11.1. The van der Waals surface area contributed by atoms with Gasteiger partial charge in [-0.05, 0) is 25.8 Å². The van der Waals surface area contributed by atoms with Crippen molar-refractivity contribution in [2.75, 3.05) is 6.54 Å². The fourth-order valence-electron chi connectivity index (χ4n) is 2.79. The average molecular weight is 333 g/mol. The summed E-state index contributed by atoms with van der Waals surface area (Å²) >= 11 is 1.52. The minimum atomic E-state index is -0.799. The lowest BCUT2D eigenvalue weighted by molar-refractivity contribution is -0.133. The zero-order valence-corrected chi connectivity index (χ0v) is 14.2. The molecule has 0 saturated heterocycles. The second-order valence-electron chi connectivity index (χ2n) is 5.75. The number of carbonyl (C=O) groups is 2. The second kappa shape index (κ2) is 8.06. The van der Waals surface area contributed by atoms with Crippen LogP contribution < -0.4 is 10.6 Å². The van der Waals surface area contributed by atoms with Gasteiger partial charge in [-0.3, -0.25) is 9.59 Å². The normalized spacial score (nSPS) is 16.9. The third-order valence-corrected chi connectivity index (χ3v) is 4.83. The number of carbonyl (C=O) groups excluding carboxylic acids is 2. The van der Waals surface area contributed by atoms with Gasteiger partial charge in [0.25, 0.3) is 0 Å². The minimum absolute atomic E-state index is 0.118. The average Bonchev–Trinajstić information content (AvgIpc) is 2.97. The van der Waals surface area contributed by atoms with Crippen molar-refractivity contribution in [3.8, 4) is 0 Å². The molecule has 1 aliphatic carbocycles. The molecule has 0 atom stereocenters. The molecule has 1 heterocycles. The fraction of sp³-hybridized carbons (Fsp3) is 0.471. The van der Waals surface area contributed by atoms with Crippen LogP contribution in [0.1, 0.15) is 42.0 Å². The van der Waals surface area contributed by atoms with Crippen molar-refractivity contribution in [2.45, 2.75) is 44.6 Å². The van der Waals surface area contributed by atoms with Crippen molar-refractivity contribution >= 4 is 29.2 Å². The molecule has 2 amide bonds. The van der Waals surface area contributed by atoms with Crippen LogP contribution in [0, 0.1) is 6.92 Å². The van der Waals surface area contributed by atoms with Crippen LogP contribution in [0.15, 0.2) is 24.9 Å². The molecular formula is C17H23N3O2S. The standard InChI is InChI=1S/C17H23N3O2S/c1-3-11-18-16(22)17(9-5-4-6-10-17)20-15(21)8-7-14-12-19-13(2)23-14/h3,7-8,12H,1,4-6,9-11H2,2H3,(H,18,22)(H,20,21). The number of nitrogens with zero attached hydrogens (tertiary/aromatic N) is 1. The van der Waals surface area contributed by atoms with Crippen LogP contribution in [0.4, 0.5) is 0 Å². The van der Waals surface area contributed by atoms with E-state index in [9.17, 15) is 9.59 Å². The molecule has 5 nitrogen and oxygen atoms in total. The van der Waals surface area contributed by atoms with Crippen molar-refractivity contribution in [3.63, 3.8) is 0 Å². The highest BCUT2D eigenvalue weighted by Crippen LogP contribution is 2.28. The lowest BCUT2D eigenvalue weighted by Crippen LogP contribution is -2.59. The molecule has 0 bridgehead atoms. The second-order valence-corrected chi connectivity index (χ2v) is 7.01. The summed E-state index contributed by atoms with van der Waals surface area (Å²) in [6.45, 7) is 5.94. The number of hydrogen-bond acceptors (Lipinski definition) is 4. The summed E-state index contributed by atoms with van der Waals surface area (Å²) in [4.78, 5) is 29.8. The number of nitrogens with one attached hydrogen (secondary N) is 2. The Morgan fingerprint density at radius 3 is 2.74 bits per heavy atom. The fourth-order valence-corrected chi connectivity index (χ4v) is 3.48. The Hall–Kier alpha value is -1.95. The van der Waals surface area contributed by atoms with Crippen LogP contribution in [-0.4, -0.2) is 28.9 Å². The number of amides is 2. The SMILES string of the molecule is C=CCNC(=O)C1(NC(=O)C=Cc2cnc(C)s2)CCCCC1. The highest BCUT2D eigenvalue weighted by atomic mass is 32.1. The molecular weight excluding hydrogens is 310 g/mol. The van der Waals surface area contributed by atoms with Crippen LogP contribution in [0.5, 0.6) is 0 Å². The summed E-state index contributed by atoms with van der Waals surface area (Å²) in [7, 11) is 0. The van der Waals surface area contributed by atoms with E-state index >= 15 is 0 Å². The van der Waals surface area contributed by atoms with Gasteiger partial charge in [0.15, 0.2) is 0 Å². The van der Waals surface area contributed by atoms with E-state index in [4.69, 9.17) is 0 Å². The van der Waals surface area contributed by atoms with Crippen LogP contribution in [-0.2, 0) is 9.59 Å². The van der Waals surface area contributed by atoms with E-state index < -0.39 is 5.54 Å². The van der Waals surface area contributed by atoms with Crippen molar-refractivity contribution in [1.82, 2.24) is 15.6 Å². The maximum absolute atomic E-state index is 12.5. The maximum Gasteiger partial charge on any atom is 0.246 e. The number of aryl methyl sites for hydroxylation is 1. The minimum Gasteiger partial charge on any atom is -0.351 e. The molecule has 6 heteroatoms. The first-order valence-electron chi connectivity index (χ1n) is 7.87. The van der Waals surface area contributed by atoms with Gasteiger partial charge < -0.3 is 10.6 Å². The Morgan fingerprint density at radius 1 is 1.39 bits per heavy atom. The van der Waals surface area contributed by atoms with Crippen molar-refractivity contribution in [1.29, 1.82) is 0 Å². The smallest absolute Gasteiger partial charge is 0.246 e. The van der Waals surface area contributed by atoms with Gasteiger partial charge in [0, 0.05) is 23.7 Å². The monoisotopic (exact) mass is 333 g/mol. The lowest BCUT2D eigenvalue weighted by atomic mass is 9.80.